The fourth-order valence-electron chi connectivity index (χ4n) is 0.953. The van der Waals surface area contributed by atoms with Crippen LogP contribution in [0.4, 0.5) is 0 Å². The van der Waals surface area contributed by atoms with Gasteiger partial charge in [0.05, 0.1) is 0 Å². The van der Waals surface area contributed by atoms with Crippen molar-refractivity contribution in [2.24, 2.45) is 0 Å². The summed E-state index contributed by atoms with van der Waals surface area (Å²) in [4.78, 5) is 3.81. The van der Waals surface area contributed by atoms with Gasteiger partial charge in [-0.15, -0.1) is 0 Å². The van der Waals surface area contributed by atoms with E-state index in [0.717, 1.165) is 6.42 Å². The summed E-state index contributed by atoms with van der Waals surface area (Å²) in [5.74, 6) is 0.117. The molecule has 1 aromatic heterocycles. The molecule has 1 heterocycles. The molecule has 0 saturated carbocycles. The zero-order valence-corrected chi connectivity index (χ0v) is 8.72. The van der Waals surface area contributed by atoms with E-state index < -0.39 is 9.05 Å². The average Bonchev–Trinajstić information content (AvgIpc) is 2.34. The number of hydrogen-bond donors (Lipinski definition) is 0. The minimum Gasteiger partial charge on any atom is -0.249 e. The molecule has 0 N–H and O–H groups in total. The lowest BCUT2D eigenvalue weighted by atomic mass is 10.5. The van der Waals surface area contributed by atoms with Gasteiger partial charge < -0.3 is 0 Å². The van der Waals surface area contributed by atoms with Gasteiger partial charge in [-0.1, -0.05) is 6.92 Å². The van der Waals surface area contributed by atoms with Gasteiger partial charge in [0, 0.05) is 17.2 Å². The highest BCUT2D eigenvalue weighted by molar-refractivity contribution is 8.13. The number of aromatic nitrogens is 3. The maximum absolute atomic E-state index is 10.7. The van der Waals surface area contributed by atoms with Gasteiger partial charge in [-0.2, -0.15) is 5.10 Å². The van der Waals surface area contributed by atoms with Crippen molar-refractivity contribution in [1.82, 2.24) is 14.8 Å². The zero-order chi connectivity index (χ0) is 9.90. The molecule has 0 amide bonds. The Morgan fingerprint density at radius 2 is 2.31 bits per heavy atom. The Balaban J connectivity index is 2.82. The van der Waals surface area contributed by atoms with Gasteiger partial charge in [0.25, 0.3) is 0 Å². The predicted molar refractivity (Wildman–Crippen MR) is 48.8 cm³/mol. The second-order valence-electron chi connectivity index (χ2n) is 2.58. The second kappa shape index (κ2) is 4.06. The molecule has 5 nitrogen and oxygen atoms in total. The smallest absolute Gasteiger partial charge is 0.239 e. The molecule has 1 rings (SSSR count). The second-order valence-corrected chi connectivity index (χ2v) is 5.36. The lowest BCUT2D eigenvalue weighted by Gasteiger charge is -2.01. The highest BCUT2D eigenvalue weighted by atomic mass is 35.7. The van der Waals surface area contributed by atoms with Crippen LogP contribution in [0.1, 0.15) is 19.2 Å². The van der Waals surface area contributed by atoms with Crippen molar-refractivity contribution in [3.05, 3.63) is 12.2 Å². The number of nitrogens with zero attached hydrogens (tertiary/aromatic N) is 3. The first-order chi connectivity index (χ1) is 6.03. The van der Waals surface area contributed by atoms with E-state index in [1.807, 2.05) is 6.92 Å². The Kier molecular flexibility index (Phi) is 3.27. The van der Waals surface area contributed by atoms with Gasteiger partial charge in [-0.25, -0.2) is 18.1 Å². The summed E-state index contributed by atoms with van der Waals surface area (Å²) < 4.78 is 23.0. The predicted octanol–water partition coefficient (Wildman–Crippen LogP) is 0.757. The molecule has 13 heavy (non-hydrogen) atoms. The van der Waals surface area contributed by atoms with Crippen molar-refractivity contribution < 1.29 is 8.42 Å². The van der Waals surface area contributed by atoms with E-state index >= 15 is 0 Å². The molecule has 7 heteroatoms. The molecule has 1 aromatic rings. The third-order valence-corrected chi connectivity index (χ3v) is 2.36. The minimum atomic E-state index is -3.54. The number of rotatable bonds is 4. The van der Waals surface area contributed by atoms with Crippen molar-refractivity contribution >= 4 is 19.7 Å². The molecule has 0 aliphatic rings. The highest BCUT2D eigenvalue weighted by Crippen LogP contribution is 2.06. The van der Waals surface area contributed by atoms with Crippen molar-refractivity contribution in [3.8, 4) is 0 Å². The third-order valence-electron chi connectivity index (χ3n) is 1.43. The number of halogens is 1. The maximum Gasteiger partial charge on any atom is 0.239 e. The van der Waals surface area contributed by atoms with Crippen LogP contribution in [0.5, 0.6) is 0 Å². The molecule has 74 valence electrons. The summed E-state index contributed by atoms with van der Waals surface area (Å²) in [7, 11) is 1.55. The largest absolute Gasteiger partial charge is 0.249 e. The van der Waals surface area contributed by atoms with Crippen LogP contribution in [0, 0.1) is 0 Å². The van der Waals surface area contributed by atoms with Crippen LogP contribution in [0.25, 0.3) is 0 Å². The molecule has 0 aliphatic heterocycles. The molecule has 0 spiro atoms. The first-order valence-electron chi connectivity index (χ1n) is 3.82. The fourth-order valence-corrected chi connectivity index (χ4v) is 1.78. The van der Waals surface area contributed by atoms with Gasteiger partial charge in [-0.05, 0) is 6.42 Å². The van der Waals surface area contributed by atoms with Crippen LogP contribution < -0.4 is 0 Å². The van der Waals surface area contributed by atoms with Crippen molar-refractivity contribution in [2.45, 2.75) is 25.6 Å². The van der Waals surface area contributed by atoms with Gasteiger partial charge in [-0.3, -0.25) is 0 Å². The van der Waals surface area contributed by atoms with E-state index in [2.05, 4.69) is 10.1 Å². The minimum absolute atomic E-state index is 0.269. The number of hydrogen-bond acceptors (Lipinski definition) is 4. The molecule has 0 saturated heterocycles. The third kappa shape index (κ3) is 3.31. The maximum atomic E-state index is 10.7. The van der Waals surface area contributed by atoms with Gasteiger partial charge in [0.2, 0.25) is 9.05 Å². The molecule has 0 bridgehead atoms. The van der Waals surface area contributed by atoms with E-state index in [4.69, 9.17) is 10.7 Å². The topological polar surface area (TPSA) is 64.8 Å². The van der Waals surface area contributed by atoms with E-state index in [1.54, 1.807) is 4.68 Å². The standard InChI is InChI=1S/C6H10ClN3O2S/c1-2-3-10-6(8-5-9-10)4-13(7,11)12/h5H,2-4H2,1H3. The van der Waals surface area contributed by atoms with Crippen LogP contribution in [0.3, 0.4) is 0 Å². The summed E-state index contributed by atoms with van der Waals surface area (Å²) >= 11 is 0. The zero-order valence-electron chi connectivity index (χ0n) is 7.14. The SMILES string of the molecule is CCCn1ncnc1CS(=O)(=O)Cl. The monoisotopic (exact) mass is 223 g/mol. The molecule has 0 unspecified atom stereocenters. The molecule has 0 atom stereocenters. The van der Waals surface area contributed by atoms with Crippen molar-refractivity contribution in [2.75, 3.05) is 0 Å². The Morgan fingerprint density at radius 3 is 2.85 bits per heavy atom. The molecular formula is C6H10ClN3O2S. The van der Waals surface area contributed by atoms with Crippen molar-refractivity contribution in [3.63, 3.8) is 0 Å². The van der Waals surface area contributed by atoms with Gasteiger partial charge in [0.1, 0.15) is 17.9 Å². The summed E-state index contributed by atoms with van der Waals surface area (Å²) in [6.07, 6.45) is 2.20. The average molecular weight is 224 g/mol. The van der Waals surface area contributed by atoms with E-state index in [0.29, 0.717) is 12.4 Å². The highest BCUT2D eigenvalue weighted by Gasteiger charge is 2.12. The normalized spacial score (nSPS) is 11.8. The Labute approximate surface area is 81.2 Å². The Morgan fingerprint density at radius 1 is 1.62 bits per heavy atom. The first-order valence-corrected chi connectivity index (χ1v) is 6.30. The molecule has 0 radical (unpaired) electrons. The quantitative estimate of drug-likeness (QED) is 0.707. The summed E-state index contributed by atoms with van der Waals surface area (Å²) in [5.41, 5.74) is 0. The summed E-state index contributed by atoms with van der Waals surface area (Å²) in [6.45, 7) is 2.63. The van der Waals surface area contributed by atoms with Crippen LogP contribution in [-0.4, -0.2) is 23.2 Å². The molecule has 0 aliphatic carbocycles. The van der Waals surface area contributed by atoms with Crippen LogP contribution >= 0.6 is 10.7 Å². The molecule has 0 aromatic carbocycles. The fraction of sp³-hybridized carbons (Fsp3) is 0.667. The first kappa shape index (κ1) is 10.5. The van der Waals surface area contributed by atoms with Crippen LogP contribution in [0.15, 0.2) is 6.33 Å². The summed E-state index contributed by atoms with van der Waals surface area (Å²) in [6, 6.07) is 0. The molecular weight excluding hydrogens is 214 g/mol. The lowest BCUT2D eigenvalue weighted by Crippen LogP contribution is -2.08. The van der Waals surface area contributed by atoms with E-state index in [1.165, 1.54) is 6.33 Å². The Hall–Kier alpha value is -0.620. The summed E-state index contributed by atoms with van der Waals surface area (Å²) in [5, 5.41) is 3.87. The van der Waals surface area contributed by atoms with Crippen LogP contribution in [-0.2, 0) is 21.3 Å². The lowest BCUT2D eigenvalue weighted by molar-refractivity contribution is 0.571. The van der Waals surface area contributed by atoms with Gasteiger partial charge >= 0.3 is 0 Å². The molecule has 0 fully saturated rings. The van der Waals surface area contributed by atoms with Crippen LogP contribution in [0.2, 0.25) is 0 Å². The van der Waals surface area contributed by atoms with E-state index in [9.17, 15) is 8.42 Å². The Bertz CT molecular complexity index is 373. The number of aryl methyl sites for hydroxylation is 1. The van der Waals surface area contributed by atoms with Gasteiger partial charge in [0.15, 0.2) is 0 Å². The van der Waals surface area contributed by atoms with E-state index in [-0.39, 0.29) is 5.75 Å². The van der Waals surface area contributed by atoms with Crippen molar-refractivity contribution in [1.29, 1.82) is 0 Å².